The van der Waals surface area contributed by atoms with E-state index in [4.69, 9.17) is 12.2 Å². The fourth-order valence-corrected chi connectivity index (χ4v) is 1.80. The van der Waals surface area contributed by atoms with E-state index >= 15 is 0 Å². The van der Waals surface area contributed by atoms with Crippen LogP contribution in [-0.2, 0) is 4.79 Å². The molecule has 0 atom stereocenters. The summed E-state index contributed by atoms with van der Waals surface area (Å²) in [6.07, 6.45) is 1.35. The lowest BCUT2D eigenvalue weighted by Gasteiger charge is -2.31. The van der Waals surface area contributed by atoms with E-state index in [1.165, 1.54) is 0 Å². The predicted octanol–water partition coefficient (Wildman–Crippen LogP) is 1.73. The van der Waals surface area contributed by atoms with Crippen LogP contribution < -0.4 is 0 Å². The number of thiocarbonyl (C=S) groups is 1. The van der Waals surface area contributed by atoms with Crippen molar-refractivity contribution in [1.82, 2.24) is 4.90 Å². The van der Waals surface area contributed by atoms with Crippen molar-refractivity contribution in [2.24, 2.45) is 0 Å². The molecule has 0 bridgehead atoms. The van der Waals surface area contributed by atoms with Crippen LogP contribution in [0.1, 0.15) is 33.6 Å². The number of amides is 1. The van der Waals surface area contributed by atoms with Crippen molar-refractivity contribution in [1.29, 1.82) is 0 Å². The summed E-state index contributed by atoms with van der Waals surface area (Å²) in [5.74, 6) is 0.169. The van der Waals surface area contributed by atoms with Crippen molar-refractivity contribution < 1.29 is 4.79 Å². The zero-order valence-corrected chi connectivity index (χ0v) is 7.99. The molecule has 1 amide bonds. The molecule has 11 heavy (non-hydrogen) atoms. The van der Waals surface area contributed by atoms with Crippen LogP contribution in [0.3, 0.4) is 0 Å². The second-order valence-electron chi connectivity index (χ2n) is 3.79. The van der Waals surface area contributed by atoms with Gasteiger partial charge in [-0.25, -0.2) is 0 Å². The maximum absolute atomic E-state index is 11.3. The quantitative estimate of drug-likeness (QED) is 0.517. The van der Waals surface area contributed by atoms with Gasteiger partial charge in [0, 0.05) is 18.4 Å². The highest BCUT2D eigenvalue weighted by Gasteiger charge is 2.34. The molecule has 1 aliphatic heterocycles. The molecular formula is C8H13NOS. The van der Waals surface area contributed by atoms with Crippen molar-refractivity contribution in [2.45, 2.75) is 39.2 Å². The van der Waals surface area contributed by atoms with Gasteiger partial charge in [0.05, 0.1) is 4.99 Å². The third-order valence-electron chi connectivity index (χ3n) is 1.72. The van der Waals surface area contributed by atoms with Crippen LogP contribution in [0.15, 0.2) is 0 Å². The molecule has 0 saturated carbocycles. The monoisotopic (exact) mass is 171 g/mol. The Hall–Kier alpha value is -0.440. The van der Waals surface area contributed by atoms with E-state index in [0.29, 0.717) is 6.42 Å². The van der Waals surface area contributed by atoms with Gasteiger partial charge in [-0.3, -0.25) is 4.79 Å². The van der Waals surface area contributed by atoms with Gasteiger partial charge in [0.15, 0.2) is 0 Å². The van der Waals surface area contributed by atoms with Gasteiger partial charge in [0.2, 0.25) is 5.91 Å². The standard InChI is InChI=1S/C8H13NOS/c1-8(2,3)9-6(10)4-5-7(9)11/h4-5H2,1-3H3. The number of hydrogen-bond donors (Lipinski definition) is 0. The first-order valence-corrected chi connectivity index (χ1v) is 4.19. The van der Waals surface area contributed by atoms with Gasteiger partial charge >= 0.3 is 0 Å². The smallest absolute Gasteiger partial charge is 0.228 e. The summed E-state index contributed by atoms with van der Waals surface area (Å²) in [5.41, 5.74) is -0.134. The first-order chi connectivity index (χ1) is 4.93. The Morgan fingerprint density at radius 3 is 2.09 bits per heavy atom. The molecule has 0 aliphatic carbocycles. The van der Waals surface area contributed by atoms with E-state index in [1.54, 1.807) is 4.90 Å². The molecule has 0 aromatic heterocycles. The minimum Gasteiger partial charge on any atom is -0.301 e. The summed E-state index contributed by atoms with van der Waals surface area (Å²) >= 11 is 5.07. The van der Waals surface area contributed by atoms with Crippen LogP contribution in [0, 0.1) is 0 Å². The number of hydrogen-bond acceptors (Lipinski definition) is 2. The van der Waals surface area contributed by atoms with Crippen molar-refractivity contribution in [3.63, 3.8) is 0 Å². The Morgan fingerprint density at radius 2 is 1.91 bits per heavy atom. The minimum atomic E-state index is -0.134. The van der Waals surface area contributed by atoms with Crippen molar-refractivity contribution >= 4 is 23.1 Å². The maximum atomic E-state index is 11.3. The number of nitrogens with zero attached hydrogens (tertiary/aromatic N) is 1. The number of carbonyl (C=O) groups is 1. The molecule has 0 N–H and O–H groups in total. The van der Waals surface area contributed by atoms with Crippen molar-refractivity contribution in [2.75, 3.05) is 0 Å². The van der Waals surface area contributed by atoms with Gasteiger partial charge < -0.3 is 4.90 Å². The summed E-state index contributed by atoms with van der Waals surface area (Å²) in [7, 11) is 0. The lowest BCUT2D eigenvalue weighted by Crippen LogP contribution is -2.44. The Bertz CT molecular complexity index is 189. The average Bonchev–Trinajstić information content (AvgIpc) is 2.08. The Morgan fingerprint density at radius 1 is 1.36 bits per heavy atom. The normalized spacial score (nSPS) is 19.7. The Kier molecular flexibility index (Phi) is 2.01. The van der Waals surface area contributed by atoms with E-state index in [2.05, 4.69) is 0 Å². The average molecular weight is 171 g/mol. The highest BCUT2D eigenvalue weighted by molar-refractivity contribution is 7.80. The van der Waals surface area contributed by atoms with Crippen LogP contribution in [0.5, 0.6) is 0 Å². The van der Waals surface area contributed by atoms with Crippen molar-refractivity contribution in [3.05, 3.63) is 0 Å². The second kappa shape index (κ2) is 2.55. The number of carbonyl (C=O) groups excluding carboxylic acids is 1. The molecule has 1 fully saturated rings. The largest absolute Gasteiger partial charge is 0.301 e. The molecule has 0 unspecified atom stereocenters. The van der Waals surface area contributed by atoms with Crippen LogP contribution in [0.4, 0.5) is 0 Å². The second-order valence-corrected chi connectivity index (χ2v) is 4.26. The maximum Gasteiger partial charge on any atom is 0.228 e. The van der Waals surface area contributed by atoms with Crippen molar-refractivity contribution in [3.8, 4) is 0 Å². The lowest BCUT2D eigenvalue weighted by molar-refractivity contribution is -0.128. The van der Waals surface area contributed by atoms with Crippen LogP contribution >= 0.6 is 12.2 Å². The zero-order chi connectivity index (χ0) is 8.65. The highest BCUT2D eigenvalue weighted by Crippen LogP contribution is 2.23. The molecule has 0 spiro atoms. The number of likely N-dealkylation sites (tertiary alicyclic amines) is 1. The fraction of sp³-hybridized carbons (Fsp3) is 0.750. The molecule has 1 rings (SSSR count). The number of rotatable bonds is 0. The van der Waals surface area contributed by atoms with Crippen LogP contribution in [0.25, 0.3) is 0 Å². The third-order valence-corrected chi connectivity index (χ3v) is 2.11. The zero-order valence-electron chi connectivity index (χ0n) is 7.18. The van der Waals surface area contributed by atoms with Gasteiger partial charge in [-0.2, -0.15) is 0 Å². The lowest BCUT2D eigenvalue weighted by atomic mass is 10.1. The predicted molar refractivity (Wildman–Crippen MR) is 48.4 cm³/mol. The van der Waals surface area contributed by atoms with Crippen LogP contribution in [-0.4, -0.2) is 21.3 Å². The third kappa shape index (κ3) is 1.59. The summed E-state index contributed by atoms with van der Waals surface area (Å²) in [5, 5.41) is 0. The molecule has 0 radical (unpaired) electrons. The van der Waals surface area contributed by atoms with E-state index in [0.717, 1.165) is 11.4 Å². The minimum absolute atomic E-state index is 0.134. The molecule has 3 heteroatoms. The molecule has 0 aromatic carbocycles. The van der Waals surface area contributed by atoms with Gasteiger partial charge in [-0.15, -0.1) is 0 Å². The van der Waals surface area contributed by atoms with Gasteiger partial charge in [-0.05, 0) is 20.8 Å². The van der Waals surface area contributed by atoms with E-state index < -0.39 is 0 Å². The molecular weight excluding hydrogens is 158 g/mol. The fourth-order valence-electron chi connectivity index (χ4n) is 1.32. The first-order valence-electron chi connectivity index (χ1n) is 3.79. The summed E-state index contributed by atoms with van der Waals surface area (Å²) in [4.78, 5) is 13.8. The molecule has 62 valence electrons. The Labute approximate surface area is 72.6 Å². The van der Waals surface area contributed by atoms with Gasteiger partial charge in [0.1, 0.15) is 0 Å². The topological polar surface area (TPSA) is 20.3 Å². The summed E-state index contributed by atoms with van der Waals surface area (Å²) < 4.78 is 0. The van der Waals surface area contributed by atoms with Crippen LogP contribution in [0.2, 0.25) is 0 Å². The summed E-state index contributed by atoms with van der Waals surface area (Å²) in [6, 6.07) is 0. The highest BCUT2D eigenvalue weighted by atomic mass is 32.1. The van der Waals surface area contributed by atoms with Gasteiger partial charge in [-0.1, -0.05) is 12.2 Å². The van der Waals surface area contributed by atoms with E-state index in [1.807, 2.05) is 20.8 Å². The molecule has 1 aliphatic rings. The Balaban J connectivity index is 2.85. The summed E-state index contributed by atoms with van der Waals surface area (Å²) in [6.45, 7) is 6.01. The van der Waals surface area contributed by atoms with E-state index in [9.17, 15) is 4.79 Å². The van der Waals surface area contributed by atoms with Gasteiger partial charge in [0.25, 0.3) is 0 Å². The molecule has 1 saturated heterocycles. The molecule has 0 aromatic rings. The molecule has 1 heterocycles. The molecule has 2 nitrogen and oxygen atoms in total. The van der Waals surface area contributed by atoms with E-state index in [-0.39, 0.29) is 11.4 Å². The first kappa shape index (κ1) is 8.65. The SMILES string of the molecule is CC(C)(C)N1C(=O)CCC1=S.